The van der Waals surface area contributed by atoms with Crippen molar-refractivity contribution in [1.29, 1.82) is 0 Å². The number of hydrogen-bond acceptors (Lipinski definition) is 5. The summed E-state index contributed by atoms with van der Waals surface area (Å²) < 4.78 is 56.6. The average Bonchev–Trinajstić information content (AvgIpc) is 3.41. The van der Waals surface area contributed by atoms with Crippen LogP contribution in [0.4, 0.5) is 8.78 Å². The van der Waals surface area contributed by atoms with Crippen LogP contribution in [0.25, 0.3) is 0 Å². The number of fused-ring (bicyclic) bond motifs is 7. The number of aliphatic hydroxyl groups excluding tert-OH is 1. The Labute approximate surface area is 181 Å². The predicted molar refractivity (Wildman–Crippen MR) is 106 cm³/mol. The Bertz CT molecular complexity index is 902. The highest BCUT2D eigenvalue weighted by Crippen LogP contribution is 2.74. The molecule has 1 unspecified atom stereocenters. The summed E-state index contributed by atoms with van der Waals surface area (Å²) in [5.74, 6) is -1.99. The van der Waals surface area contributed by atoms with Gasteiger partial charge in [0.25, 0.3) is 0 Å². The van der Waals surface area contributed by atoms with E-state index in [0.717, 1.165) is 0 Å². The fourth-order valence-electron chi connectivity index (χ4n) is 8.64. The predicted octanol–water partition coefficient (Wildman–Crippen LogP) is 3.58. The summed E-state index contributed by atoms with van der Waals surface area (Å²) in [4.78, 5) is 0. The molecule has 6 rings (SSSR count). The topological polar surface area (TPSA) is 57.2 Å². The van der Waals surface area contributed by atoms with Crippen LogP contribution in [-0.2, 0) is 18.9 Å². The van der Waals surface area contributed by atoms with Gasteiger partial charge in [0.1, 0.15) is 18.4 Å². The Balaban J connectivity index is 1.51. The molecule has 31 heavy (non-hydrogen) atoms. The third-order valence-electron chi connectivity index (χ3n) is 9.83. The minimum Gasteiger partial charge on any atom is -0.390 e. The number of alkyl halides is 2. The number of hydrogen-bond donors (Lipinski definition) is 1. The summed E-state index contributed by atoms with van der Waals surface area (Å²) >= 11 is 0. The van der Waals surface area contributed by atoms with Gasteiger partial charge in [-0.1, -0.05) is 19.9 Å². The highest BCUT2D eigenvalue weighted by atomic mass is 19.1. The molecule has 0 radical (unpaired) electrons. The monoisotopic (exact) mass is 436 g/mol. The van der Waals surface area contributed by atoms with E-state index in [2.05, 4.69) is 12.7 Å². The van der Waals surface area contributed by atoms with Gasteiger partial charge in [0, 0.05) is 11.3 Å². The Morgan fingerprint density at radius 2 is 1.90 bits per heavy atom. The number of rotatable bonds is 0. The van der Waals surface area contributed by atoms with E-state index in [0.29, 0.717) is 12.0 Å². The number of aliphatic hydroxyl groups is 1. The van der Waals surface area contributed by atoms with Crippen molar-refractivity contribution >= 4 is 0 Å². The van der Waals surface area contributed by atoms with E-state index < -0.39 is 46.1 Å². The van der Waals surface area contributed by atoms with Gasteiger partial charge in [-0.3, -0.25) is 0 Å². The lowest BCUT2D eigenvalue weighted by Crippen LogP contribution is -2.72. The van der Waals surface area contributed by atoms with Crippen molar-refractivity contribution in [2.24, 2.45) is 28.6 Å². The first-order valence-corrected chi connectivity index (χ1v) is 11.3. The Morgan fingerprint density at radius 3 is 2.65 bits per heavy atom. The summed E-state index contributed by atoms with van der Waals surface area (Å²) in [5.41, 5.74) is -1.42. The van der Waals surface area contributed by atoms with Crippen LogP contribution in [0.15, 0.2) is 29.5 Å². The number of ether oxygens (including phenoxy) is 4. The van der Waals surface area contributed by atoms with Crippen molar-refractivity contribution < 1.29 is 32.8 Å². The Morgan fingerprint density at radius 1 is 1.13 bits per heavy atom. The van der Waals surface area contributed by atoms with Crippen LogP contribution in [0, 0.1) is 28.6 Å². The zero-order valence-corrected chi connectivity index (χ0v) is 18.2. The van der Waals surface area contributed by atoms with Crippen molar-refractivity contribution in [3.8, 4) is 0 Å². The molecule has 0 aromatic heterocycles. The molecule has 1 N–H and O–H groups in total. The maximum absolute atomic E-state index is 17.2. The quantitative estimate of drug-likeness (QED) is 0.589. The van der Waals surface area contributed by atoms with Gasteiger partial charge in [-0.25, -0.2) is 8.78 Å². The largest absolute Gasteiger partial charge is 0.390 e. The second-order valence-electron chi connectivity index (χ2n) is 10.8. The summed E-state index contributed by atoms with van der Waals surface area (Å²) in [5, 5.41) is 11.5. The standard InChI is InChI=1S/C24H30F2O5/c1-14-8-16-17-9-18(25)15-6-4-5-7-20(15,2)23(17,26)19(27)10-21(16,3)24(14)22(30-13-31-24)11-28-12-29-22/h4,6-7,14,16-19,27H,8-13H2,1-3H3/t14-,16-,17-,18-,19-,20-,21-,22?,23-,24+/m0/s1. The zero-order chi connectivity index (χ0) is 21.9. The third kappa shape index (κ3) is 2.02. The first kappa shape index (κ1) is 20.5. The maximum Gasteiger partial charge on any atom is 0.227 e. The van der Waals surface area contributed by atoms with E-state index in [1.807, 2.05) is 6.92 Å². The van der Waals surface area contributed by atoms with Gasteiger partial charge in [-0.2, -0.15) is 0 Å². The van der Waals surface area contributed by atoms with E-state index in [-0.39, 0.29) is 44.9 Å². The van der Waals surface area contributed by atoms with Crippen LogP contribution in [0.5, 0.6) is 0 Å². The number of halogens is 2. The summed E-state index contributed by atoms with van der Waals surface area (Å²) in [6, 6.07) is 0. The van der Waals surface area contributed by atoms with Gasteiger partial charge in [0.15, 0.2) is 19.3 Å². The molecule has 2 saturated heterocycles. The highest BCUT2D eigenvalue weighted by Gasteiger charge is 2.82. The average molecular weight is 436 g/mol. The molecule has 6 aliphatic rings. The minimum atomic E-state index is -1.99. The molecule has 5 fully saturated rings. The van der Waals surface area contributed by atoms with E-state index in [4.69, 9.17) is 18.9 Å². The summed E-state index contributed by atoms with van der Waals surface area (Å²) in [6.07, 6.45) is 3.20. The van der Waals surface area contributed by atoms with Gasteiger partial charge in [-0.05, 0) is 55.7 Å². The Hall–Kier alpha value is -1.08. The minimum absolute atomic E-state index is 0.0362. The molecule has 4 aliphatic carbocycles. The maximum atomic E-state index is 17.2. The molecule has 0 bridgehead atoms. The number of allylic oxidation sites excluding steroid dienone is 3. The summed E-state index contributed by atoms with van der Waals surface area (Å²) in [6.45, 7) is 6.21. The molecule has 10 atom stereocenters. The van der Waals surface area contributed by atoms with Crippen molar-refractivity contribution in [2.75, 3.05) is 20.2 Å². The molecular weight excluding hydrogens is 406 g/mol. The molecule has 0 aromatic rings. The van der Waals surface area contributed by atoms with E-state index in [1.165, 1.54) is 0 Å². The molecule has 5 nitrogen and oxygen atoms in total. The van der Waals surface area contributed by atoms with Crippen LogP contribution in [0.1, 0.15) is 40.0 Å². The van der Waals surface area contributed by atoms with Gasteiger partial charge in [0.05, 0.1) is 11.5 Å². The van der Waals surface area contributed by atoms with Crippen LogP contribution in [0.2, 0.25) is 0 Å². The lowest BCUT2D eigenvalue weighted by molar-refractivity contribution is -0.278. The first-order chi connectivity index (χ1) is 14.7. The normalized spacial score (nSPS) is 59.7. The van der Waals surface area contributed by atoms with Gasteiger partial charge in [-0.15, -0.1) is 5.73 Å². The van der Waals surface area contributed by atoms with Crippen LogP contribution >= 0.6 is 0 Å². The van der Waals surface area contributed by atoms with Crippen molar-refractivity contribution in [3.05, 3.63) is 29.5 Å². The third-order valence-corrected chi connectivity index (χ3v) is 9.83. The smallest absolute Gasteiger partial charge is 0.227 e. The van der Waals surface area contributed by atoms with E-state index in [1.54, 1.807) is 25.2 Å². The van der Waals surface area contributed by atoms with Gasteiger partial charge in [0.2, 0.25) is 5.79 Å². The van der Waals surface area contributed by atoms with Crippen LogP contribution in [0.3, 0.4) is 0 Å². The van der Waals surface area contributed by atoms with Crippen molar-refractivity contribution in [1.82, 2.24) is 0 Å². The molecule has 7 heteroatoms. The van der Waals surface area contributed by atoms with Crippen LogP contribution in [-0.4, -0.2) is 54.6 Å². The highest BCUT2D eigenvalue weighted by molar-refractivity contribution is 5.42. The molecule has 170 valence electrons. The Kier molecular flexibility index (Phi) is 4.02. The lowest BCUT2D eigenvalue weighted by atomic mass is 9.44. The van der Waals surface area contributed by atoms with Crippen molar-refractivity contribution in [2.45, 2.75) is 69.4 Å². The SMILES string of the molecule is C[C@H]1C[C@H]2[C@@H]3C[C@H](F)C4=CC=C=C[C@]4(C)[C@@]3(F)[C@@H](O)C[C@]2(C)[C@]12OCOC21COCO1. The molecule has 0 aromatic carbocycles. The molecule has 2 spiro atoms. The lowest BCUT2D eigenvalue weighted by Gasteiger charge is -2.63. The van der Waals surface area contributed by atoms with Crippen LogP contribution < -0.4 is 0 Å². The van der Waals surface area contributed by atoms with Gasteiger partial charge < -0.3 is 24.1 Å². The van der Waals surface area contributed by atoms with Crippen molar-refractivity contribution in [3.63, 3.8) is 0 Å². The second kappa shape index (κ2) is 6.07. The van der Waals surface area contributed by atoms with E-state index >= 15 is 8.78 Å². The fourth-order valence-corrected chi connectivity index (χ4v) is 8.64. The molecule has 0 amide bonds. The zero-order valence-electron chi connectivity index (χ0n) is 18.2. The van der Waals surface area contributed by atoms with Gasteiger partial charge >= 0.3 is 0 Å². The molecular formula is C24H30F2O5. The summed E-state index contributed by atoms with van der Waals surface area (Å²) in [7, 11) is 0. The van der Waals surface area contributed by atoms with E-state index in [9.17, 15) is 5.11 Å². The molecule has 3 saturated carbocycles. The fraction of sp³-hybridized carbons (Fsp3) is 0.792. The second-order valence-corrected chi connectivity index (χ2v) is 10.8. The first-order valence-electron chi connectivity index (χ1n) is 11.3. The molecule has 2 heterocycles. The molecule has 2 aliphatic heterocycles.